The summed E-state index contributed by atoms with van der Waals surface area (Å²) in [4.78, 5) is 4.03. The second-order valence-corrected chi connectivity index (χ2v) is 5.96. The highest BCUT2D eigenvalue weighted by molar-refractivity contribution is 5.87. The Labute approximate surface area is 157 Å². The van der Waals surface area contributed by atoms with E-state index in [1.807, 2.05) is 11.1 Å². The second kappa shape index (κ2) is 7.39. The Morgan fingerprint density at radius 1 is 1.11 bits per heavy atom. The molecule has 3 aromatic rings. The van der Waals surface area contributed by atoms with Gasteiger partial charge in [0.25, 0.3) is 5.88 Å². The number of hydrogen-bond acceptors (Lipinski definition) is 7. The summed E-state index contributed by atoms with van der Waals surface area (Å²) in [5.74, 6) is 0.0832. The lowest BCUT2D eigenvalue weighted by Crippen LogP contribution is -2.35. The Kier molecular flexibility index (Phi) is 4.78. The zero-order valence-electron chi connectivity index (χ0n) is 14.4. The highest BCUT2D eigenvalue weighted by Gasteiger charge is 2.31. The predicted molar refractivity (Wildman–Crippen MR) is 94.8 cm³/mol. The predicted octanol–water partition coefficient (Wildman–Crippen LogP) is 3.58. The fourth-order valence-corrected chi connectivity index (χ4v) is 2.74. The molecule has 2 aromatic carbocycles. The lowest BCUT2D eigenvalue weighted by atomic mass is 10.0. The van der Waals surface area contributed by atoms with Crippen LogP contribution >= 0.6 is 0 Å². The van der Waals surface area contributed by atoms with E-state index in [4.69, 9.17) is 9.26 Å². The van der Waals surface area contributed by atoms with Gasteiger partial charge in [0, 0.05) is 0 Å². The second-order valence-electron chi connectivity index (χ2n) is 5.96. The number of nitrogens with zero attached hydrogens (tertiary/aromatic N) is 3. The molecule has 1 aliphatic heterocycles. The van der Waals surface area contributed by atoms with E-state index in [0.29, 0.717) is 36.7 Å². The molecule has 28 heavy (non-hydrogen) atoms. The largest absolute Gasteiger partial charge is 0.573 e. The average Bonchev–Trinajstić information content (AvgIpc) is 3.31. The number of ether oxygens (including phenoxy) is 2. The van der Waals surface area contributed by atoms with Crippen molar-refractivity contribution < 1.29 is 27.2 Å². The third kappa shape index (κ3) is 4.17. The third-order valence-electron chi connectivity index (χ3n) is 4.04. The van der Waals surface area contributed by atoms with Gasteiger partial charge in [0.1, 0.15) is 19.0 Å². The maximum atomic E-state index is 12.3. The molecule has 10 heteroatoms. The number of nitrogens with one attached hydrogen (secondary N) is 1. The molecule has 146 valence electrons. The highest BCUT2D eigenvalue weighted by Crippen LogP contribution is 2.31. The summed E-state index contributed by atoms with van der Waals surface area (Å²) in [5.41, 5.74) is 5.02. The van der Waals surface area contributed by atoms with Crippen LogP contribution in [0.3, 0.4) is 0 Å². The van der Waals surface area contributed by atoms with Crippen molar-refractivity contribution in [3.8, 4) is 22.8 Å². The van der Waals surface area contributed by atoms with Crippen molar-refractivity contribution in [3.63, 3.8) is 0 Å². The molecule has 0 radical (unpaired) electrons. The number of hydrazine groups is 1. The first-order valence-electron chi connectivity index (χ1n) is 8.36. The zero-order chi connectivity index (χ0) is 19.6. The first-order chi connectivity index (χ1) is 13.5. The van der Waals surface area contributed by atoms with Crippen LogP contribution in [0.4, 0.5) is 13.2 Å². The van der Waals surface area contributed by atoms with E-state index < -0.39 is 6.36 Å². The number of aliphatic imine (C=N–C) groups is 1. The van der Waals surface area contributed by atoms with Crippen LogP contribution in [0, 0.1) is 0 Å². The van der Waals surface area contributed by atoms with Crippen LogP contribution in [-0.2, 0) is 0 Å². The van der Waals surface area contributed by atoms with Crippen molar-refractivity contribution in [2.45, 2.75) is 6.36 Å². The Hall–Kier alpha value is -3.27. The molecule has 0 spiro atoms. The fraction of sp³-hybridized carbons (Fsp3) is 0.222. The van der Waals surface area contributed by atoms with Gasteiger partial charge in [-0.05, 0) is 40.5 Å². The molecule has 0 amide bonds. The number of alkyl halides is 3. The van der Waals surface area contributed by atoms with E-state index in [1.54, 1.807) is 30.6 Å². The van der Waals surface area contributed by atoms with Crippen LogP contribution in [0.15, 0.2) is 52.0 Å². The number of aromatic nitrogens is 1. The Bertz CT molecular complexity index is 978. The molecule has 7 nitrogen and oxygen atoms in total. The van der Waals surface area contributed by atoms with Crippen LogP contribution in [0.25, 0.3) is 22.1 Å². The van der Waals surface area contributed by atoms with Crippen molar-refractivity contribution in [1.29, 1.82) is 0 Å². The lowest BCUT2D eigenvalue weighted by Gasteiger charge is -2.13. The van der Waals surface area contributed by atoms with Gasteiger partial charge < -0.3 is 19.4 Å². The normalized spacial score (nSPS) is 14.4. The van der Waals surface area contributed by atoms with Crippen molar-refractivity contribution in [2.24, 2.45) is 4.99 Å². The topological polar surface area (TPSA) is 72.1 Å². The fourth-order valence-electron chi connectivity index (χ4n) is 2.74. The van der Waals surface area contributed by atoms with Gasteiger partial charge in [-0.2, -0.15) is 5.01 Å². The molecule has 1 N–H and O–H groups in total. The molecule has 0 unspecified atom stereocenters. The molecule has 0 fully saturated rings. The van der Waals surface area contributed by atoms with Crippen LogP contribution in [0.1, 0.15) is 0 Å². The molecule has 0 saturated carbocycles. The molecular weight excluding hydrogens is 377 g/mol. The zero-order valence-corrected chi connectivity index (χ0v) is 14.4. The quantitative estimate of drug-likeness (QED) is 0.692. The van der Waals surface area contributed by atoms with E-state index in [2.05, 4.69) is 20.3 Å². The molecule has 0 atom stereocenters. The Morgan fingerprint density at radius 2 is 1.89 bits per heavy atom. The number of halogens is 3. The summed E-state index contributed by atoms with van der Waals surface area (Å²) in [6, 6.07) is 11.0. The molecular formula is C18H15F3N4O3. The minimum atomic E-state index is -4.72. The summed E-state index contributed by atoms with van der Waals surface area (Å²) in [6.45, 7) is 1.54. The smallest absolute Gasteiger partial charge is 0.474 e. The molecule has 1 aromatic heterocycles. The van der Waals surface area contributed by atoms with E-state index >= 15 is 0 Å². The maximum absolute atomic E-state index is 12.3. The van der Waals surface area contributed by atoms with Crippen LogP contribution in [0.5, 0.6) is 11.6 Å². The van der Waals surface area contributed by atoms with Gasteiger partial charge in [-0.3, -0.25) is 4.99 Å². The summed E-state index contributed by atoms with van der Waals surface area (Å²) >= 11 is 0. The minimum Gasteiger partial charge on any atom is -0.474 e. The van der Waals surface area contributed by atoms with Gasteiger partial charge in [-0.15, -0.1) is 13.2 Å². The molecule has 1 aliphatic rings. The van der Waals surface area contributed by atoms with Crippen molar-refractivity contribution in [3.05, 3.63) is 42.5 Å². The summed E-state index contributed by atoms with van der Waals surface area (Å²) in [7, 11) is 0. The third-order valence-corrected chi connectivity index (χ3v) is 4.04. The number of benzene rings is 2. The van der Waals surface area contributed by atoms with E-state index in [9.17, 15) is 13.2 Å². The van der Waals surface area contributed by atoms with Gasteiger partial charge in [-0.25, -0.2) is 0 Å². The standard InChI is InChI=1S/C18H15F3N4O3/c19-18(20,21)27-14-4-1-12(2-5-14)13-3-6-16-15(9-13)17(24-28-16)26-8-7-25-11-22-10-23-25/h1-6,9-10H,7-8,11H2,(H,22,23). The lowest BCUT2D eigenvalue weighted by molar-refractivity contribution is -0.274. The molecule has 0 saturated heterocycles. The van der Waals surface area contributed by atoms with Crippen LogP contribution in [0.2, 0.25) is 0 Å². The minimum absolute atomic E-state index is 0.272. The SMILES string of the molecule is FC(F)(F)Oc1ccc(-c2ccc3onc(OCCN4CN=CN4)c3c2)cc1. The average molecular weight is 392 g/mol. The van der Waals surface area contributed by atoms with Crippen LogP contribution in [-0.4, -0.2) is 42.7 Å². The van der Waals surface area contributed by atoms with Crippen molar-refractivity contribution >= 4 is 17.3 Å². The van der Waals surface area contributed by atoms with Crippen LogP contribution < -0.4 is 14.9 Å². The van der Waals surface area contributed by atoms with Crippen molar-refractivity contribution in [1.82, 2.24) is 15.6 Å². The molecule has 4 rings (SSSR count). The highest BCUT2D eigenvalue weighted by atomic mass is 19.4. The number of hydrogen-bond donors (Lipinski definition) is 1. The summed E-state index contributed by atoms with van der Waals surface area (Å²) in [5, 5.41) is 6.49. The molecule has 0 aliphatic carbocycles. The summed E-state index contributed by atoms with van der Waals surface area (Å²) < 4.78 is 51.7. The monoisotopic (exact) mass is 392 g/mol. The first-order valence-corrected chi connectivity index (χ1v) is 8.36. The first kappa shape index (κ1) is 18.1. The Balaban J connectivity index is 1.48. The number of fused-ring (bicyclic) bond motifs is 1. The van der Waals surface area contributed by atoms with E-state index in [1.165, 1.54) is 12.1 Å². The molecule has 2 heterocycles. The maximum Gasteiger partial charge on any atom is 0.573 e. The van der Waals surface area contributed by atoms with Gasteiger partial charge in [0.2, 0.25) is 0 Å². The molecule has 0 bridgehead atoms. The summed E-state index contributed by atoms with van der Waals surface area (Å²) in [6.07, 6.45) is -3.10. The van der Waals surface area contributed by atoms with Gasteiger partial charge >= 0.3 is 6.36 Å². The Morgan fingerprint density at radius 3 is 2.61 bits per heavy atom. The van der Waals surface area contributed by atoms with Gasteiger partial charge in [0.05, 0.1) is 18.3 Å². The van der Waals surface area contributed by atoms with Gasteiger partial charge in [-0.1, -0.05) is 18.2 Å². The van der Waals surface area contributed by atoms with Crippen molar-refractivity contribution in [2.75, 3.05) is 19.8 Å². The van der Waals surface area contributed by atoms with E-state index in [0.717, 1.165) is 11.1 Å². The van der Waals surface area contributed by atoms with E-state index in [-0.39, 0.29) is 5.75 Å². The van der Waals surface area contributed by atoms with Gasteiger partial charge in [0.15, 0.2) is 5.58 Å². The number of rotatable bonds is 6.